The fourth-order valence-electron chi connectivity index (χ4n) is 3.91. The van der Waals surface area contributed by atoms with Gasteiger partial charge >= 0.3 is 0 Å². The first-order valence-electron chi connectivity index (χ1n) is 11.2. The number of halogens is 1. The molecule has 3 rings (SSSR count). The minimum Gasteiger partial charge on any atom is -0.507 e. The summed E-state index contributed by atoms with van der Waals surface area (Å²) in [6.07, 6.45) is 2.62. The Bertz CT molecular complexity index is 1030. The van der Waals surface area contributed by atoms with Crippen LogP contribution < -0.4 is 4.74 Å². The van der Waals surface area contributed by atoms with Crippen molar-refractivity contribution < 1.29 is 19.4 Å². The molecular weight excluding hydrogens is 440 g/mol. The molecule has 0 radical (unpaired) electrons. The number of carbonyl (C=O) groups is 2. The minimum absolute atomic E-state index is 0.0674. The Labute approximate surface area is 200 Å². The van der Waals surface area contributed by atoms with Gasteiger partial charge in [-0.1, -0.05) is 49.2 Å². The normalized spacial score (nSPS) is 17.7. The van der Waals surface area contributed by atoms with Crippen molar-refractivity contribution in [1.82, 2.24) is 9.80 Å². The second-order valence-corrected chi connectivity index (χ2v) is 8.87. The molecule has 1 unspecified atom stereocenters. The number of ether oxygens (including phenoxy) is 1. The Morgan fingerprint density at radius 3 is 2.58 bits per heavy atom. The molecule has 1 atom stereocenters. The number of hydrogen-bond acceptors (Lipinski definition) is 5. The lowest BCUT2D eigenvalue weighted by Crippen LogP contribution is -2.32. The summed E-state index contributed by atoms with van der Waals surface area (Å²) < 4.78 is 5.75. The van der Waals surface area contributed by atoms with E-state index in [2.05, 4.69) is 6.92 Å². The zero-order valence-electron chi connectivity index (χ0n) is 19.4. The predicted octanol–water partition coefficient (Wildman–Crippen LogP) is 4.89. The van der Waals surface area contributed by atoms with Gasteiger partial charge in [0.25, 0.3) is 11.7 Å². The molecule has 176 valence electrons. The number of carbonyl (C=O) groups excluding carboxylic acids is 2. The zero-order chi connectivity index (χ0) is 24.0. The molecule has 6 nitrogen and oxygen atoms in total. The Balaban J connectivity index is 2.03. The molecule has 1 heterocycles. The van der Waals surface area contributed by atoms with Crippen molar-refractivity contribution in [3.05, 3.63) is 70.3 Å². The largest absolute Gasteiger partial charge is 0.507 e. The van der Waals surface area contributed by atoms with Crippen molar-refractivity contribution in [2.75, 3.05) is 33.8 Å². The number of hydrogen-bond donors (Lipinski definition) is 1. The number of rotatable bonds is 10. The molecule has 1 aliphatic rings. The van der Waals surface area contributed by atoms with E-state index in [-0.39, 0.29) is 11.3 Å². The van der Waals surface area contributed by atoms with Crippen LogP contribution in [0, 0.1) is 0 Å². The van der Waals surface area contributed by atoms with Crippen molar-refractivity contribution in [3.63, 3.8) is 0 Å². The Morgan fingerprint density at radius 2 is 1.88 bits per heavy atom. The predicted molar refractivity (Wildman–Crippen MR) is 130 cm³/mol. The van der Waals surface area contributed by atoms with Crippen LogP contribution in [0.3, 0.4) is 0 Å². The Hall–Kier alpha value is -2.83. The molecule has 33 heavy (non-hydrogen) atoms. The third-order valence-electron chi connectivity index (χ3n) is 5.58. The fraction of sp³-hybridized carbons (Fsp3) is 0.385. The van der Waals surface area contributed by atoms with Crippen molar-refractivity contribution in [2.24, 2.45) is 0 Å². The van der Waals surface area contributed by atoms with E-state index in [0.29, 0.717) is 41.5 Å². The third-order valence-corrected chi connectivity index (χ3v) is 5.82. The van der Waals surface area contributed by atoms with Crippen LogP contribution in [0.2, 0.25) is 5.02 Å². The molecule has 1 amide bonds. The van der Waals surface area contributed by atoms with Crippen LogP contribution in [0.25, 0.3) is 5.76 Å². The molecule has 1 aliphatic heterocycles. The molecule has 2 aromatic rings. The SMILES string of the molecule is CCCCOc1cccc(C(O)=C2C(=O)C(=O)N(CCCN(C)C)C2c2cccc(Cl)c2)c1. The number of benzene rings is 2. The maximum Gasteiger partial charge on any atom is 0.295 e. The molecule has 0 bridgehead atoms. The van der Waals surface area contributed by atoms with E-state index < -0.39 is 17.7 Å². The average molecular weight is 471 g/mol. The molecule has 0 aliphatic carbocycles. The molecular formula is C26H31ClN2O4. The van der Waals surface area contributed by atoms with E-state index in [1.807, 2.05) is 25.1 Å². The van der Waals surface area contributed by atoms with E-state index in [9.17, 15) is 14.7 Å². The van der Waals surface area contributed by atoms with Crippen LogP contribution in [0.15, 0.2) is 54.1 Å². The topological polar surface area (TPSA) is 70.1 Å². The lowest BCUT2D eigenvalue weighted by molar-refractivity contribution is -0.139. The van der Waals surface area contributed by atoms with Gasteiger partial charge in [0.1, 0.15) is 11.5 Å². The number of likely N-dealkylation sites (tertiary alicyclic amines) is 1. The van der Waals surface area contributed by atoms with Crippen molar-refractivity contribution in [3.8, 4) is 5.75 Å². The van der Waals surface area contributed by atoms with Gasteiger partial charge in [-0.25, -0.2) is 0 Å². The molecule has 1 N–H and O–H groups in total. The highest BCUT2D eigenvalue weighted by Gasteiger charge is 2.45. The van der Waals surface area contributed by atoms with Crippen LogP contribution >= 0.6 is 11.6 Å². The van der Waals surface area contributed by atoms with Gasteiger partial charge in [0.05, 0.1) is 18.2 Å². The summed E-state index contributed by atoms with van der Waals surface area (Å²) in [7, 11) is 3.91. The second-order valence-electron chi connectivity index (χ2n) is 8.43. The summed E-state index contributed by atoms with van der Waals surface area (Å²) in [5.41, 5.74) is 1.18. The number of amides is 1. The molecule has 0 spiro atoms. The molecule has 1 fully saturated rings. The highest BCUT2D eigenvalue weighted by molar-refractivity contribution is 6.46. The van der Waals surface area contributed by atoms with Gasteiger partial charge in [0, 0.05) is 17.1 Å². The standard InChI is InChI=1S/C26H31ClN2O4/c1-4-5-15-33-21-12-7-10-19(17-21)24(30)22-23(18-9-6-11-20(27)16-18)29(26(32)25(22)31)14-8-13-28(2)3/h6-7,9-12,16-17,23,30H,4-5,8,13-15H2,1-3H3. The van der Waals surface area contributed by atoms with Gasteiger partial charge in [0.2, 0.25) is 0 Å². The van der Waals surface area contributed by atoms with E-state index >= 15 is 0 Å². The quantitative estimate of drug-likeness (QED) is 0.231. The number of unbranched alkanes of at least 4 members (excludes halogenated alkanes) is 1. The monoisotopic (exact) mass is 470 g/mol. The van der Waals surface area contributed by atoms with Crippen LogP contribution in [0.1, 0.15) is 43.4 Å². The molecule has 0 saturated carbocycles. The summed E-state index contributed by atoms with van der Waals surface area (Å²) in [6.45, 7) is 3.80. The third kappa shape index (κ3) is 5.95. The number of aliphatic hydroxyl groups is 1. The first kappa shape index (κ1) is 24.8. The first-order chi connectivity index (χ1) is 15.8. The van der Waals surface area contributed by atoms with Crippen molar-refractivity contribution in [1.29, 1.82) is 0 Å². The van der Waals surface area contributed by atoms with E-state index in [1.54, 1.807) is 42.5 Å². The number of ketones is 1. The lowest BCUT2D eigenvalue weighted by atomic mass is 9.95. The minimum atomic E-state index is -0.712. The summed E-state index contributed by atoms with van der Waals surface area (Å²) in [5, 5.41) is 11.7. The Kier molecular flexibility index (Phi) is 8.53. The van der Waals surface area contributed by atoms with Gasteiger partial charge in [-0.3, -0.25) is 9.59 Å². The number of aliphatic hydroxyl groups excluding tert-OH is 1. The van der Waals surface area contributed by atoms with Gasteiger partial charge in [-0.2, -0.15) is 0 Å². The number of nitrogens with zero attached hydrogens (tertiary/aromatic N) is 2. The molecule has 1 saturated heterocycles. The summed E-state index contributed by atoms with van der Waals surface area (Å²) in [4.78, 5) is 29.7. The van der Waals surface area contributed by atoms with E-state index in [4.69, 9.17) is 16.3 Å². The summed E-state index contributed by atoms with van der Waals surface area (Å²) in [6, 6.07) is 13.3. The zero-order valence-corrected chi connectivity index (χ0v) is 20.1. The lowest BCUT2D eigenvalue weighted by Gasteiger charge is -2.26. The van der Waals surface area contributed by atoms with Crippen LogP contribution in [-0.4, -0.2) is 60.4 Å². The summed E-state index contributed by atoms with van der Waals surface area (Å²) in [5.74, 6) is -0.920. The first-order valence-corrected chi connectivity index (χ1v) is 11.6. The van der Waals surface area contributed by atoms with Gasteiger partial charge in [0.15, 0.2) is 0 Å². The van der Waals surface area contributed by atoms with Crippen LogP contribution in [0.4, 0.5) is 0 Å². The highest BCUT2D eigenvalue weighted by atomic mass is 35.5. The number of Topliss-reactive ketones (excluding diaryl/α,β-unsaturated/α-hetero) is 1. The van der Waals surface area contributed by atoms with Crippen molar-refractivity contribution in [2.45, 2.75) is 32.2 Å². The van der Waals surface area contributed by atoms with Gasteiger partial charge < -0.3 is 19.6 Å². The molecule has 2 aromatic carbocycles. The molecule has 7 heteroatoms. The maximum atomic E-state index is 13.1. The van der Waals surface area contributed by atoms with Crippen LogP contribution in [0.5, 0.6) is 5.75 Å². The smallest absolute Gasteiger partial charge is 0.295 e. The van der Waals surface area contributed by atoms with Gasteiger partial charge in [-0.05, 0) is 63.3 Å². The highest BCUT2D eigenvalue weighted by Crippen LogP contribution is 2.40. The second kappa shape index (κ2) is 11.3. The van der Waals surface area contributed by atoms with Gasteiger partial charge in [-0.15, -0.1) is 0 Å². The average Bonchev–Trinajstić information content (AvgIpc) is 3.04. The fourth-order valence-corrected chi connectivity index (χ4v) is 4.11. The molecule has 0 aromatic heterocycles. The van der Waals surface area contributed by atoms with E-state index in [1.165, 1.54) is 4.90 Å². The summed E-state index contributed by atoms with van der Waals surface area (Å²) >= 11 is 6.23. The van der Waals surface area contributed by atoms with E-state index in [0.717, 1.165) is 19.4 Å². The maximum absolute atomic E-state index is 13.1. The Morgan fingerprint density at radius 1 is 1.12 bits per heavy atom. The van der Waals surface area contributed by atoms with Crippen LogP contribution in [-0.2, 0) is 9.59 Å². The van der Waals surface area contributed by atoms with Crippen molar-refractivity contribution >= 4 is 29.1 Å².